The van der Waals surface area contributed by atoms with Gasteiger partial charge in [0.15, 0.2) is 5.75 Å². The number of aromatic nitrogens is 2. The third-order valence-electron chi connectivity index (χ3n) is 3.13. The standard InChI is InChI=1S/C14H18N2O/c1-9(2)11-6-5-7-12(8-11)13-14(17)10(3)16(4)15-13/h5-9,17H,1-4H3. The first-order valence-electron chi connectivity index (χ1n) is 5.83. The van der Waals surface area contributed by atoms with Crippen LogP contribution in [-0.2, 0) is 7.05 Å². The predicted octanol–water partition coefficient (Wildman–Crippen LogP) is 3.22. The summed E-state index contributed by atoms with van der Waals surface area (Å²) in [5, 5.41) is 14.4. The Hall–Kier alpha value is -1.77. The first-order chi connectivity index (χ1) is 8.00. The van der Waals surface area contributed by atoms with Gasteiger partial charge in [-0.2, -0.15) is 5.10 Å². The number of rotatable bonds is 2. The molecule has 0 radical (unpaired) electrons. The van der Waals surface area contributed by atoms with Gasteiger partial charge in [0, 0.05) is 12.6 Å². The molecular weight excluding hydrogens is 212 g/mol. The lowest BCUT2D eigenvalue weighted by Gasteiger charge is -2.06. The van der Waals surface area contributed by atoms with Gasteiger partial charge in [-0.1, -0.05) is 32.0 Å². The van der Waals surface area contributed by atoms with Crippen LogP contribution < -0.4 is 0 Å². The Labute approximate surface area is 102 Å². The molecule has 0 fully saturated rings. The van der Waals surface area contributed by atoms with Crippen molar-refractivity contribution in [2.45, 2.75) is 26.7 Å². The zero-order valence-electron chi connectivity index (χ0n) is 10.7. The Balaban J connectivity index is 2.53. The second-order valence-corrected chi connectivity index (χ2v) is 4.69. The molecule has 1 aromatic carbocycles. The van der Waals surface area contributed by atoms with Crippen LogP contribution >= 0.6 is 0 Å². The van der Waals surface area contributed by atoms with Crippen LogP contribution in [-0.4, -0.2) is 14.9 Å². The minimum Gasteiger partial charge on any atom is -0.504 e. The van der Waals surface area contributed by atoms with Crippen LogP contribution in [0.25, 0.3) is 11.3 Å². The number of aryl methyl sites for hydroxylation is 1. The number of nitrogens with zero attached hydrogens (tertiary/aromatic N) is 2. The van der Waals surface area contributed by atoms with Crippen molar-refractivity contribution >= 4 is 0 Å². The zero-order valence-corrected chi connectivity index (χ0v) is 10.7. The third-order valence-corrected chi connectivity index (χ3v) is 3.13. The molecule has 0 spiro atoms. The molecule has 1 N–H and O–H groups in total. The summed E-state index contributed by atoms with van der Waals surface area (Å²) in [7, 11) is 1.84. The van der Waals surface area contributed by atoms with Crippen LogP contribution in [0.1, 0.15) is 31.0 Å². The van der Waals surface area contributed by atoms with E-state index in [9.17, 15) is 5.11 Å². The van der Waals surface area contributed by atoms with E-state index in [-0.39, 0.29) is 5.75 Å². The van der Waals surface area contributed by atoms with Gasteiger partial charge in [-0.25, -0.2) is 0 Å². The summed E-state index contributed by atoms with van der Waals surface area (Å²) < 4.78 is 1.70. The molecule has 0 unspecified atom stereocenters. The van der Waals surface area contributed by atoms with E-state index in [0.29, 0.717) is 11.6 Å². The lowest BCUT2D eigenvalue weighted by molar-refractivity contribution is 0.471. The highest BCUT2D eigenvalue weighted by Gasteiger charge is 2.14. The molecule has 0 bridgehead atoms. The predicted molar refractivity (Wildman–Crippen MR) is 69.1 cm³/mol. The van der Waals surface area contributed by atoms with Crippen molar-refractivity contribution in [3.63, 3.8) is 0 Å². The first-order valence-corrected chi connectivity index (χ1v) is 5.83. The molecule has 0 aliphatic rings. The Bertz CT molecular complexity index is 541. The van der Waals surface area contributed by atoms with E-state index in [1.807, 2.05) is 26.1 Å². The van der Waals surface area contributed by atoms with Gasteiger partial charge < -0.3 is 5.11 Å². The fraction of sp³-hybridized carbons (Fsp3) is 0.357. The maximum atomic E-state index is 10.0. The largest absolute Gasteiger partial charge is 0.504 e. The molecule has 0 aliphatic carbocycles. The van der Waals surface area contributed by atoms with Crippen molar-refractivity contribution in [3.8, 4) is 17.0 Å². The highest BCUT2D eigenvalue weighted by atomic mass is 16.3. The number of benzene rings is 1. The summed E-state index contributed by atoms with van der Waals surface area (Å²) in [5.74, 6) is 0.746. The minimum atomic E-state index is 0.272. The smallest absolute Gasteiger partial charge is 0.164 e. The molecule has 0 saturated carbocycles. The van der Waals surface area contributed by atoms with Gasteiger partial charge >= 0.3 is 0 Å². The molecule has 2 aromatic rings. The monoisotopic (exact) mass is 230 g/mol. The van der Waals surface area contributed by atoms with Crippen molar-refractivity contribution in [1.82, 2.24) is 9.78 Å². The van der Waals surface area contributed by atoms with Gasteiger partial charge in [-0.05, 0) is 24.5 Å². The summed E-state index contributed by atoms with van der Waals surface area (Å²) >= 11 is 0. The van der Waals surface area contributed by atoms with Crippen molar-refractivity contribution < 1.29 is 5.11 Å². The summed E-state index contributed by atoms with van der Waals surface area (Å²) in [6, 6.07) is 8.18. The molecule has 0 saturated heterocycles. The van der Waals surface area contributed by atoms with Gasteiger partial charge in [0.1, 0.15) is 5.69 Å². The molecule has 2 rings (SSSR count). The molecule has 1 heterocycles. The van der Waals surface area contributed by atoms with E-state index in [0.717, 1.165) is 11.3 Å². The third kappa shape index (κ3) is 2.05. The Morgan fingerprint density at radius 1 is 1.29 bits per heavy atom. The average Bonchev–Trinajstić information content (AvgIpc) is 2.57. The van der Waals surface area contributed by atoms with Crippen molar-refractivity contribution in [3.05, 3.63) is 35.5 Å². The lowest BCUT2D eigenvalue weighted by Crippen LogP contribution is -1.92. The van der Waals surface area contributed by atoms with Crippen molar-refractivity contribution in [2.24, 2.45) is 7.05 Å². The lowest BCUT2D eigenvalue weighted by atomic mass is 9.99. The summed E-state index contributed by atoms with van der Waals surface area (Å²) in [5.41, 5.74) is 3.67. The molecule has 3 heteroatoms. The number of hydrogen-bond acceptors (Lipinski definition) is 2. The maximum Gasteiger partial charge on any atom is 0.164 e. The van der Waals surface area contributed by atoms with E-state index < -0.39 is 0 Å². The number of hydrogen-bond donors (Lipinski definition) is 1. The van der Waals surface area contributed by atoms with E-state index in [1.165, 1.54) is 5.56 Å². The molecule has 90 valence electrons. The summed E-state index contributed by atoms with van der Waals surface area (Å²) in [4.78, 5) is 0. The number of aromatic hydroxyl groups is 1. The van der Waals surface area contributed by atoms with E-state index in [1.54, 1.807) is 4.68 Å². The normalized spacial score (nSPS) is 11.1. The Morgan fingerprint density at radius 3 is 2.53 bits per heavy atom. The Kier molecular flexibility index (Phi) is 2.92. The fourth-order valence-electron chi connectivity index (χ4n) is 1.84. The van der Waals surface area contributed by atoms with Gasteiger partial charge in [0.05, 0.1) is 5.69 Å². The zero-order chi connectivity index (χ0) is 12.6. The average molecular weight is 230 g/mol. The van der Waals surface area contributed by atoms with Gasteiger partial charge in [-0.3, -0.25) is 4.68 Å². The minimum absolute atomic E-state index is 0.272. The van der Waals surface area contributed by atoms with E-state index >= 15 is 0 Å². The topological polar surface area (TPSA) is 38.1 Å². The van der Waals surface area contributed by atoms with Crippen LogP contribution in [0.3, 0.4) is 0 Å². The van der Waals surface area contributed by atoms with Crippen LogP contribution in [0.4, 0.5) is 0 Å². The molecule has 0 amide bonds. The fourth-order valence-corrected chi connectivity index (χ4v) is 1.84. The quantitative estimate of drug-likeness (QED) is 0.860. The van der Waals surface area contributed by atoms with Crippen LogP contribution in [0.2, 0.25) is 0 Å². The van der Waals surface area contributed by atoms with Gasteiger partial charge in [-0.15, -0.1) is 0 Å². The van der Waals surface area contributed by atoms with Crippen LogP contribution in [0.15, 0.2) is 24.3 Å². The second kappa shape index (κ2) is 4.24. The van der Waals surface area contributed by atoms with E-state index in [2.05, 4.69) is 31.1 Å². The SMILES string of the molecule is Cc1c(O)c(-c2cccc(C(C)C)c2)nn1C. The molecule has 0 atom stereocenters. The van der Waals surface area contributed by atoms with Gasteiger partial charge in [0.25, 0.3) is 0 Å². The highest BCUT2D eigenvalue weighted by molar-refractivity contribution is 5.67. The maximum absolute atomic E-state index is 10.0. The van der Waals surface area contributed by atoms with Gasteiger partial charge in [0.2, 0.25) is 0 Å². The molecular formula is C14H18N2O. The summed E-state index contributed by atoms with van der Waals surface area (Å²) in [6.45, 7) is 6.17. The van der Waals surface area contributed by atoms with Crippen LogP contribution in [0, 0.1) is 6.92 Å². The first kappa shape index (κ1) is 11.7. The second-order valence-electron chi connectivity index (χ2n) is 4.69. The molecule has 0 aliphatic heterocycles. The molecule has 3 nitrogen and oxygen atoms in total. The molecule has 1 aromatic heterocycles. The Morgan fingerprint density at radius 2 is 2.00 bits per heavy atom. The summed E-state index contributed by atoms with van der Waals surface area (Å²) in [6.07, 6.45) is 0. The molecule has 17 heavy (non-hydrogen) atoms. The highest BCUT2D eigenvalue weighted by Crippen LogP contribution is 2.31. The van der Waals surface area contributed by atoms with Crippen molar-refractivity contribution in [1.29, 1.82) is 0 Å². The van der Waals surface area contributed by atoms with E-state index in [4.69, 9.17) is 0 Å². The van der Waals surface area contributed by atoms with Crippen molar-refractivity contribution in [2.75, 3.05) is 0 Å². The van der Waals surface area contributed by atoms with Crippen LogP contribution in [0.5, 0.6) is 5.75 Å².